The molecule has 0 aliphatic heterocycles. The Morgan fingerprint density at radius 2 is 1.95 bits per heavy atom. The lowest BCUT2D eigenvalue weighted by Crippen LogP contribution is -2.32. The number of carbonyl (C=O) groups excluding carboxylic acids is 1. The van der Waals surface area contributed by atoms with E-state index in [9.17, 15) is 22.8 Å². The highest BCUT2D eigenvalue weighted by molar-refractivity contribution is 5.95. The number of benzene rings is 2. The van der Waals surface area contributed by atoms with Crippen molar-refractivity contribution >= 4 is 11.7 Å². The number of nitrogens with one attached hydrogen (secondary N) is 3. The summed E-state index contributed by atoms with van der Waals surface area (Å²) in [7, 11) is 0. The Labute approximate surface area is 223 Å². The molecule has 1 amide bonds. The molecule has 0 radical (unpaired) electrons. The van der Waals surface area contributed by atoms with Crippen LogP contribution in [0.3, 0.4) is 0 Å². The number of aryl methyl sites for hydroxylation is 1. The van der Waals surface area contributed by atoms with Gasteiger partial charge in [0.2, 0.25) is 0 Å². The summed E-state index contributed by atoms with van der Waals surface area (Å²) in [6.07, 6.45) is 2.24. The van der Waals surface area contributed by atoms with Crippen molar-refractivity contribution in [1.29, 1.82) is 0 Å². The molecule has 0 bridgehead atoms. The van der Waals surface area contributed by atoms with Gasteiger partial charge in [-0.15, -0.1) is 0 Å². The molecule has 0 saturated heterocycles. The highest BCUT2D eigenvalue weighted by Crippen LogP contribution is 2.50. The summed E-state index contributed by atoms with van der Waals surface area (Å²) in [6, 6.07) is 12.8. The fourth-order valence-corrected chi connectivity index (χ4v) is 4.46. The Hall–Kier alpha value is -3.86. The molecule has 1 heterocycles. The minimum absolute atomic E-state index is 0.0380. The van der Waals surface area contributed by atoms with Crippen LogP contribution in [-0.2, 0) is 5.54 Å². The van der Waals surface area contributed by atoms with E-state index in [0.29, 0.717) is 17.0 Å². The largest absolute Gasteiger partial charge is 0.492 e. The molecular formula is C28H30F3N5O3. The third-order valence-electron chi connectivity index (χ3n) is 6.86. The standard InChI is InChI=1S/C28H30F3N5O3/c1-18-6-7-19(25(37)34-20-8-9-20)16-22(18)36-14-12-33-24(26(36)38)35-27(10-11-27)21-4-2-3-5-23(21)39-15-13-32-17-28(29,30)31/h2-7,12,14,16,20,32H,8-11,13,15,17H2,1H3,(H,33,35)(H,34,37). The molecular weight excluding hydrogens is 511 g/mol. The number of hydrogen-bond acceptors (Lipinski definition) is 6. The normalized spacial score (nSPS) is 16.0. The molecule has 39 heavy (non-hydrogen) atoms. The molecule has 2 aliphatic rings. The number of rotatable bonds is 11. The minimum Gasteiger partial charge on any atom is -0.492 e. The van der Waals surface area contributed by atoms with Gasteiger partial charge in [-0.25, -0.2) is 4.98 Å². The first-order chi connectivity index (χ1) is 18.7. The van der Waals surface area contributed by atoms with E-state index in [4.69, 9.17) is 4.74 Å². The first-order valence-electron chi connectivity index (χ1n) is 12.9. The highest BCUT2D eigenvalue weighted by Gasteiger charge is 2.47. The van der Waals surface area contributed by atoms with E-state index in [-0.39, 0.29) is 36.5 Å². The lowest BCUT2D eigenvalue weighted by molar-refractivity contribution is -0.124. The number of para-hydroxylation sites is 1. The number of halogens is 3. The minimum atomic E-state index is -4.28. The van der Waals surface area contributed by atoms with Gasteiger partial charge in [-0.3, -0.25) is 14.2 Å². The lowest BCUT2D eigenvalue weighted by Gasteiger charge is -2.22. The average Bonchev–Trinajstić information content (AvgIpc) is 3.83. The topological polar surface area (TPSA) is 97.3 Å². The monoisotopic (exact) mass is 541 g/mol. The highest BCUT2D eigenvalue weighted by atomic mass is 19.4. The van der Waals surface area contributed by atoms with Crippen molar-refractivity contribution in [2.75, 3.05) is 25.0 Å². The molecule has 2 aromatic carbocycles. The molecule has 8 nitrogen and oxygen atoms in total. The van der Waals surface area contributed by atoms with Crippen LogP contribution in [0.5, 0.6) is 5.75 Å². The second-order valence-electron chi connectivity index (χ2n) is 10.0. The maximum absolute atomic E-state index is 13.5. The first-order valence-corrected chi connectivity index (χ1v) is 12.9. The zero-order valence-electron chi connectivity index (χ0n) is 21.5. The van der Waals surface area contributed by atoms with Crippen LogP contribution in [0.1, 0.15) is 47.2 Å². The fraction of sp³-hybridized carbons (Fsp3) is 0.393. The third kappa shape index (κ3) is 6.42. The van der Waals surface area contributed by atoms with E-state index in [0.717, 1.165) is 36.8 Å². The van der Waals surface area contributed by atoms with Crippen LogP contribution >= 0.6 is 0 Å². The number of nitrogens with zero attached hydrogens (tertiary/aromatic N) is 2. The van der Waals surface area contributed by atoms with Gasteiger partial charge in [0.25, 0.3) is 11.5 Å². The Morgan fingerprint density at radius 1 is 1.18 bits per heavy atom. The van der Waals surface area contributed by atoms with Gasteiger partial charge < -0.3 is 20.7 Å². The van der Waals surface area contributed by atoms with Crippen LogP contribution in [0.4, 0.5) is 19.0 Å². The molecule has 3 aromatic rings. The number of amides is 1. The van der Waals surface area contributed by atoms with Gasteiger partial charge in [-0.2, -0.15) is 13.2 Å². The van der Waals surface area contributed by atoms with Crippen LogP contribution < -0.4 is 26.2 Å². The molecule has 1 aromatic heterocycles. The average molecular weight is 542 g/mol. The van der Waals surface area contributed by atoms with E-state index < -0.39 is 18.3 Å². The van der Waals surface area contributed by atoms with Gasteiger partial charge in [0, 0.05) is 36.1 Å². The molecule has 2 saturated carbocycles. The van der Waals surface area contributed by atoms with Crippen molar-refractivity contribution in [3.63, 3.8) is 0 Å². The number of anilines is 1. The number of ether oxygens (including phenoxy) is 1. The summed E-state index contributed by atoms with van der Waals surface area (Å²) in [5.74, 6) is 0.531. The quantitative estimate of drug-likeness (QED) is 0.317. The van der Waals surface area contributed by atoms with E-state index in [1.807, 2.05) is 25.1 Å². The summed E-state index contributed by atoms with van der Waals surface area (Å²) < 4.78 is 44.4. The van der Waals surface area contributed by atoms with Crippen molar-refractivity contribution in [3.8, 4) is 11.4 Å². The van der Waals surface area contributed by atoms with Crippen molar-refractivity contribution in [2.24, 2.45) is 0 Å². The molecule has 206 valence electrons. The molecule has 5 rings (SSSR count). The summed E-state index contributed by atoms with van der Waals surface area (Å²) in [4.78, 5) is 30.4. The Morgan fingerprint density at radius 3 is 2.67 bits per heavy atom. The van der Waals surface area contributed by atoms with E-state index in [1.165, 1.54) is 10.8 Å². The molecule has 2 aliphatic carbocycles. The van der Waals surface area contributed by atoms with Crippen LogP contribution in [0.2, 0.25) is 0 Å². The molecule has 3 N–H and O–H groups in total. The SMILES string of the molecule is Cc1ccc(C(=O)NC2CC2)cc1-n1ccnc(NC2(c3ccccc3OCCNCC(F)(F)F)CC2)c1=O. The van der Waals surface area contributed by atoms with Crippen molar-refractivity contribution in [1.82, 2.24) is 20.2 Å². The van der Waals surface area contributed by atoms with E-state index in [1.54, 1.807) is 30.5 Å². The van der Waals surface area contributed by atoms with Gasteiger partial charge in [-0.1, -0.05) is 24.3 Å². The maximum Gasteiger partial charge on any atom is 0.401 e. The van der Waals surface area contributed by atoms with Crippen LogP contribution in [0, 0.1) is 6.92 Å². The number of hydrogen-bond donors (Lipinski definition) is 3. The maximum atomic E-state index is 13.5. The van der Waals surface area contributed by atoms with Gasteiger partial charge in [0.15, 0.2) is 5.82 Å². The molecule has 2 fully saturated rings. The lowest BCUT2D eigenvalue weighted by atomic mass is 10.0. The molecule has 0 unspecified atom stereocenters. The number of aromatic nitrogens is 2. The number of carbonyl (C=O) groups is 1. The Balaban J connectivity index is 1.34. The van der Waals surface area contributed by atoms with Crippen LogP contribution in [0.15, 0.2) is 59.7 Å². The zero-order chi connectivity index (χ0) is 27.6. The smallest absolute Gasteiger partial charge is 0.401 e. The summed E-state index contributed by atoms with van der Waals surface area (Å²) in [5.41, 5.74) is 1.77. The zero-order valence-corrected chi connectivity index (χ0v) is 21.5. The van der Waals surface area contributed by atoms with Gasteiger partial charge >= 0.3 is 6.18 Å². The van der Waals surface area contributed by atoms with Crippen LogP contribution in [-0.4, -0.2) is 47.4 Å². The molecule has 0 atom stereocenters. The van der Waals surface area contributed by atoms with Gasteiger partial charge in [-0.05, 0) is 56.4 Å². The Kier molecular flexibility index (Phi) is 7.35. The van der Waals surface area contributed by atoms with Gasteiger partial charge in [0.1, 0.15) is 12.4 Å². The summed E-state index contributed by atoms with van der Waals surface area (Å²) in [5, 5.41) is 8.60. The van der Waals surface area contributed by atoms with E-state index in [2.05, 4.69) is 20.9 Å². The molecule has 0 spiro atoms. The van der Waals surface area contributed by atoms with E-state index >= 15 is 0 Å². The predicted molar refractivity (Wildman–Crippen MR) is 140 cm³/mol. The predicted octanol–water partition coefficient (Wildman–Crippen LogP) is 4.07. The van der Waals surface area contributed by atoms with Gasteiger partial charge in [0.05, 0.1) is 17.8 Å². The second kappa shape index (κ2) is 10.7. The van der Waals surface area contributed by atoms with Crippen molar-refractivity contribution in [2.45, 2.75) is 50.4 Å². The Bertz CT molecular complexity index is 1410. The summed E-state index contributed by atoms with van der Waals surface area (Å²) >= 11 is 0. The summed E-state index contributed by atoms with van der Waals surface area (Å²) in [6.45, 7) is 0.889. The second-order valence-corrected chi connectivity index (χ2v) is 10.0. The van der Waals surface area contributed by atoms with Crippen molar-refractivity contribution < 1.29 is 22.7 Å². The first kappa shape index (κ1) is 26.7. The van der Waals surface area contributed by atoms with Crippen LogP contribution in [0.25, 0.3) is 5.69 Å². The third-order valence-corrected chi connectivity index (χ3v) is 6.86. The fourth-order valence-electron chi connectivity index (χ4n) is 4.46. The van der Waals surface area contributed by atoms with Crippen molar-refractivity contribution in [3.05, 3.63) is 81.9 Å². The molecule has 11 heteroatoms. The number of alkyl halides is 3.